The van der Waals surface area contributed by atoms with E-state index in [9.17, 15) is 9.59 Å². The van der Waals surface area contributed by atoms with Crippen LogP contribution in [-0.4, -0.2) is 30.1 Å². The maximum absolute atomic E-state index is 11.9. The van der Waals surface area contributed by atoms with Crippen LogP contribution in [0.2, 0.25) is 0 Å². The molecule has 0 heterocycles. The van der Waals surface area contributed by atoms with Crippen molar-refractivity contribution >= 4 is 29.2 Å². The van der Waals surface area contributed by atoms with Gasteiger partial charge in [-0.15, -0.1) is 0 Å². The zero-order valence-electron chi connectivity index (χ0n) is 11.0. The summed E-state index contributed by atoms with van der Waals surface area (Å²) in [4.78, 5) is 23.3. The summed E-state index contributed by atoms with van der Waals surface area (Å²) in [5.74, 6) is -0.860. The van der Waals surface area contributed by atoms with Gasteiger partial charge < -0.3 is 10.1 Å². The Morgan fingerprint density at radius 1 is 1.26 bits per heavy atom. The standard InChI is InChI=1S/C13H16N2O3S/c1-8(2)14-13(19)15-11(16)9-5-4-6-10(7-9)12(17)18-3/h4-8H,1-3H3,(H2,14,15,16,19). The Kier molecular flexibility index (Phi) is 5.44. The van der Waals surface area contributed by atoms with Gasteiger partial charge >= 0.3 is 5.97 Å². The van der Waals surface area contributed by atoms with E-state index in [-0.39, 0.29) is 17.1 Å². The molecule has 1 rings (SSSR count). The highest BCUT2D eigenvalue weighted by Crippen LogP contribution is 2.06. The number of nitrogens with one attached hydrogen (secondary N) is 2. The molecule has 0 aliphatic heterocycles. The van der Waals surface area contributed by atoms with E-state index < -0.39 is 5.97 Å². The monoisotopic (exact) mass is 280 g/mol. The summed E-state index contributed by atoms with van der Waals surface area (Å²) in [5, 5.41) is 5.69. The molecule has 1 aromatic carbocycles. The SMILES string of the molecule is COC(=O)c1cccc(C(=O)NC(=S)NC(C)C)c1. The number of carbonyl (C=O) groups is 2. The lowest BCUT2D eigenvalue weighted by Gasteiger charge is -2.12. The van der Waals surface area contributed by atoms with E-state index in [0.717, 1.165) is 0 Å². The van der Waals surface area contributed by atoms with E-state index in [4.69, 9.17) is 12.2 Å². The van der Waals surface area contributed by atoms with E-state index in [0.29, 0.717) is 11.1 Å². The minimum absolute atomic E-state index is 0.134. The van der Waals surface area contributed by atoms with E-state index >= 15 is 0 Å². The molecule has 0 aromatic heterocycles. The maximum Gasteiger partial charge on any atom is 0.337 e. The van der Waals surface area contributed by atoms with E-state index in [1.54, 1.807) is 18.2 Å². The summed E-state index contributed by atoms with van der Waals surface area (Å²) in [6.07, 6.45) is 0. The van der Waals surface area contributed by atoms with Crippen LogP contribution in [0.3, 0.4) is 0 Å². The third kappa shape index (κ3) is 4.67. The molecule has 102 valence electrons. The van der Waals surface area contributed by atoms with Gasteiger partial charge in [-0.3, -0.25) is 10.1 Å². The Morgan fingerprint density at radius 2 is 1.89 bits per heavy atom. The molecule has 0 spiro atoms. The highest BCUT2D eigenvalue weighted by atomic mass is 32.1. The Balaban J connectivity index is 2.77. The second-order valence-corrected chi connectivity index (χ2v) is 4.56. The third-order valence-corrected chi connectivity index (χ3v) is 2.41. The highest BCUT2D eigenvalue weighted by Gasteiger charge is 2.11. The number of rotatable bonds is 3. The van der Waals surface area contributed by atoms with Gasteiger partial charge in [-0.1, -0.05) is 6.07 Å². The van der Waals surface area contributed by atoms with Crippen LogP contribution in [-0.2, 0) is 4.74 Å². The van der Waals surface area contributed by atoms with E-state index in [1.165, 1.54) is 13.2 Å². The number of hydrogen-bond donors (Lipinski definition) is 2. The zero-order chi connectivity index (χ0) is 14.4. The minimum atomic E-state index is -0.488. The van der Waals surface area contributed by atoms with Crippen molar-refractivity contribution in [1.82, 2.24) is 10.6 Å². The Bertz CT molecular complexity index is 500. The fourth-order valence-corrected chi connectivity index (χ4v) is 1.71. The summed E-state index contributed by atoms with van der Waals surface area (Å²) in [7, 11) is 1.29. The van der Waals surface area contributed by atoms with Crippen LogP contribution in [0, 0.1) is 0 Å². The van der Waals surface area contributed by atoms with Gasteiger partial charge in [-0.2, -0.15) is 0 Å². The summed E-state index contributed by atoms with van der Waals surface area (Å²) < 4.78 is 4.60. The van der Waals surface area contributed by atoms with Crippen LogP contribution < -0.4 is 10.6 Å². The predicted octanol–water partition coefficient (Wildman–Crippen LogP) is 1.49. The summed E-state index contributed by atoms with van der Waals surface area (Å²) in [5.41, 5.74) is 0.661. The van der Waals surface area contributed by atoms with Gasteiger partial charge in [0.05, 0.1) is 12.7 Å². The summed E-state index contributed by atoms with van der Waals surface area (Å²) in [6.45, 7) is 3.83. The number of amides is 1. The largest absolute Gasteiger partial charge is 0.465 e. The van der Waals surface area contributed by atoms with Crippen molar-refractivity contribution in [2.75, 3.05) is 7.11 Å². The minimum Gasteiger partial charge on any atom is -0.465 e. The lowest BCUT2D eigenvalue weighted by atomic mass is 10.1. The fraction of sp³-hybridized carbons (Fsp3) is 0.308. The Hall–Kier alpha value is -1.95. The molecule has 0 saturated carbocycles. The number of thiocarbonyl (C=S) groups is 1. The van der Waals surface area contributed by atoms with Crippen LogP contribution in [0.5, 0.6) is 0 Å². The molecule has 6 heteroatoms. The second kappa shape index (κ2) is 6.84. The van der Waals surface area contributed by atoms with Crippen molar-refractivity contribution in [3.8, 4) is 0 Å². The molecule has 0 aliphatic rings. The molecule has 0 bridgehead atoms. The van der Waals surface area contributed by atoms with E-state index in [1.807, 2.05) is 13.8 Å². The van der Waals surface area contributed by atoms with Gasteiger partial charge in [0, 0.05) is 11.6 Å². The molecule has 0 atom stereocenters. The predicted molar refractivity (Wildman–Crippen MR) is 76.1 cm³/mol. The van der Waals surface area contributed by atoms with E-state index in [2.05, 4.69) is 15.4 Å². The van der Waals surface area contributed by atoms with Crippen molar-refractivity contribution in [1.29, 1.82) is 0 Å². The van der Waals surface area contributed by atoms with Gasteiger partial charge in [0.25, 0.3) is 5.91 Å². The zero-order valence-corrected chi connectivity index (χ0v) is 11.8. The molecule has 1 amide bonds. The van der Waals surface area contributed by atoms with Crippen LogP contribution >= 0.6 is 12.2 Å². The first-order valence-corrected chi connectivity index (χ1v) is 6.15. The van der Waals surface area contributed by atoms with Gasteiger partial charge in [0.1, 0.15) is 0 Å². The summed E-state index contributed by atoms with van der Waals surface area (Å²) in [6, 6.07) is 6.38. The normalized spacial score (nSPS) is 9.89. The molecule has 0 aliphatic carbocycles. The maximum atomic E-state index is 11.9. The van der Waals surface area contributed by atoms with Gasteiger partial charge in [0.2, 0.25) is 0 Å². The molecule has 0 fully saturated rings. The first kappa shape index (κ1) is 15.1. The lowest BCUT2D eigenvalue weighted by Crippen LogP contribution is -2.42. The number of esters is 1. The Labute approximate surface area is 117 Å². The average molecular weight is 280 g/mol. The quantitative estimate of drug-likeness (QED) is 0.648. The number of carbonyl (C=O) groups excluding carboxylic acids is 2. The van der Waals surface area contributed by atoms with Crippen LogP contribution in [0.4, 0.5) is 0 Å². The number of hydrogen-bond acceptors (Lipinski definition) is 4. The number of methoxy groups -OCH3 is 1. The van der Waals surface area contributed by atoms with Crippen molar-refractivity contribution < 1.29 is 14.3 Å². The molecular weight excluding hydrogens is 264 g/mol. The number of ether oxygens (including phenoxy) is 1. The Morgan fingerprint density at radius 3 is 2.47 bits per heavy atom. The van der Waals surface area contributed by atoms with Gasteiger partial charge in [0.15, 0.2) is 5.11 Å². The smallest absolute Gasteiger partial charge is 0.337 e. The molecule has 0 saturated heterocycles. The average Bonchev–Trinajstić information content (AvgIpc) is 2.36. The topological polar surface area (TPSA) is 67.4 Å². The molecule has 0 radical (unpaired) electrons. The molecule has 0 unspecified atom stereocenters. The number of benzene rings is 1. The van der Waals surface area contributed by atoms with Crippen LogP contribution in [0.15, 0.2) is 24.3 Å². The first-order chi connectivity index (χ1) is 8.93. The van der Waals surface area contributed by atoms with Crippen LogP contribution in [0.25, 0.3) is 0 Å². The van der Waals surface area contributed by atoms with Crippen molar-refractivity contribution in [2.24, 2.45) is 0 Å². The molecule has 2 N–H and O–H groups in total. The third-order valence-electron chi connectivity index (χ3n) is 2.19. The van der Waals surface area contributed by atoms with Crippen LogP contribution in [0.1, 0.15) is 34.6 Å². The van der Waals surface area contributed by atoms with Crippen molar-refractivity contribution in [3.05, 3.63) is 35.4 Å². The molecule has 1 aromatic rings. The van der Waals surface area contributed by atoms with Crippen molar-refractivity contribution in [2.45, 2.75) is 19.9 Å². The first-order valence-electron chi connectivity index (χ1n) is 5.74. The summed E-state index contributed by atoms with van der Waals surface area (Å²) >= 11 is 4.98. The van der Waals surface area contributed by atoms with Gasteiger partial charge in [-0.05, 0) is 44.3 Å². The van der Waals surface area contributed by atoms with Gasteiger partial charge in [-0.25, -0.2) is 4.79 Å². The lowest BCUT2D eigenvalue weighted by molar-refractivity contribution is 0.0600. The highest BCUT2D eigenvalue weighted by molar-refractivity contribution is 7.80. The molecule has 19 heavy (non-hydrogen) atoms. The second-order valence-electron chi connectivity index (χ2n) is 4.15. The molecule has 5 nitrogen and oxygen atoms in total. The fourth-order valence-electron chi connectivity index (χ4n) is 1.38. The molecular formula is C13H16N2O3S. The van der Waals surface area contributed by atoms with Crippen molar-refractivity contribution in [3.63, 3.8) is 0 Å².